The van der Waals surface area contributed by atoms with Crippen molar-refractivity contribution in [2.45, 2.75) is 31.8 Å². The Morgan fingerprint density at radius 2 is 1.84 bits per heavy atom. The molecule has 2 atom stereocenters. The lowest BCUT2D eigenvalue weighted by atomic mass is 9.76. The molecule has 0 aliphatic rings. The van der Waals surface area contributed by atoms with E-state index in [0.29, 0.717) is 11.4 Å². The van der Waals surface area contributed by atoms with Crippen LogP contribution in [0.2, 0.25) is 0 Å². The Morgan fingerprint density at radius 3 is 2.47 bits per heavy atom. The van der Waals surface area contributed by atoms with E-state index in [0.717, 1.165) is 6.07 Å². The van der Waals surface area contributed by atoms with Crippen molar-refractivity contribution in [2.24, 2.45) is 0 Å². The number of halogens is 2. The van der Waals surface area contributed by atoms with Crippen LogP contribution >= 0.6 is 0 Å². The SMILES string of the molecule is COc1ccc(-n2cnn(C(C)C(C)(Cn3cncn3)c3ccc(F)cc3F)c2=O)cc1. The highest BCUT2D eigenvalue weighted by molar-refractivity contribution is 5.37. The summed E-state index contributed by atoms with van der Waals surface area (Å²) in [6, 6.07) is 9.78. The van der Waals surface area contributed by atoms with Crippen LogP contribution in [-0.4, -0.2) is 36.2 Å². The van der Waals surface area contributed by atoms with Gasteiger partial charge < -0.3 is 4.74 Å². The Balaban J connectivity index is 1.78. The van der Waals surface area contributed by atoms with Gasteiger partial charge in [0.15, 0.2) is 0 Å². The molecule has 4 rings (SSSR count). The van der Waals surface area contributed by atoms with Crippen LogP contribution in [0.5, 0.6) is 5.75 Å². The maximum atomic E-state index is 14.9. The Kier molecular flexibility index (Phi) is 5.60. The summed E-state index contributed by atoms with van der Waals surface area (Å²) in [5.41, 5.74) is -0.544. The molecule has 0 bridgehead atoms. The van der Waals surface area contributed by atoms with Gasteiger partial charge in [0.25, 0.3) is 0 Å². The van der Waals surface area contributed by atoms with E-state index in [-0.39, 0.29) is 12.1 Å². The predicted molar refractivity (Wildman–Crippen MR) is 113 cm³/mol. The molecule has 166 valence electrons. The fourth-order valence-electron chi connectivity index (χ4n) is 3.82. The average Bonchev–Trinajstić information content (AvgIpc) is 3.42. The molecule has 0 saturated carbocycles. The molecule has 0 aliphatic carbocycles. The summed E-state index contributed by atoms with van der Waals surface area (Å²) in [5, 5.41) is 8.42. The number of hydrogen-bond acceptors (Lipinski definition) is 5. The van der Waals surface area contributed by atoms with Crippen molar-refractivity contribution >= 4 is 0 Å². The summed E-state index contributed by atoms with van der Waals surface area (Å²) >= 11 is 0. The maximum Gasteiger partial charge on any atom is 0.350 e. The van der Waals surface area contributed by atoms with Crippen LogP contribution in [0.1, 0.15) is 25.5 Å². The van der Waals surface area contributed by atoms with E-state index in [9.17, 15) is 13.6 Å². The Hall–Kier alpha value is -3.82. The Morgan fingerprint density at radius 1 is 1.09 bits per heavy atom. The van der Waals surface area contributed by atoms with Gasteiger partial charge in [-0.15, -0.1) is 0 Å². The van der Waals surface area contributed by atoms with Crippen LogP contribution < -0.4 is 10.4 Å². The first-order valence-electron chi connectivity index (χ1n) is 9.92. The maximum absolute atomic E-state index is 14.9. The molecule has 2 aromatic carbocycles. The zero-order valence-corrected chi connectivity index (χ0v) is 17.8. The van der Waals surface area contributed by atoms with Crippen molar-refractivity contribution in [1.29, 1.82) is 0 Å². The number of methoxy groups -OCH3 is 1. The number of benzene rings is 2. The second-order valence-corrected chi connectivity index (χ2v) is 7.74. The van der Waals surface area contributed by atoms with E-state index in [4.69, 9.17) is 4.74 Å². The largest absolute Gasteiger partial charge is 0.497 e. The van der Waals surface area contributed by atoms with Gasteiger partial charge in [-0.05, 0) is 42.8 Å². The van der Waals surface area contributed by atoms with Gasteiger partial charge in [-0.3, -0.25) is 4.68 Å². The summed E-state index contributed by atoms with van der Waals surface area (Å²) in [6.45, 7) is 3.75. The molecule has 0 saturated heterocycles. The molecule has 0 N–H and O–H groups in total. The van der Waals surface area contributed by atoms with E-state index in [2.05, 4.69) is 15.2 Å². The molecule has 8 nitrogen and oxygen atoms in total. The summed E-state index contributed by atoms with van der Waals surface area (Å²) in [6.07, 6.45) is 4.29. The third kappa shape index (κ3) is 3.79. The molecule has 0 aliphatic heterocycles. The summed E-state index contributed by atoms with van der Waals surface area (Å²) < 4.78 is 37.9. The van der Waals surface area contributed by atoms with Crippen LogP contribution in [0.3, 0.4) is 0 Å². The molecule has 0 radical (unpaired) electrons. The van der Waals surface area contributed by atoms with Crippen molar-refractivity contribution in [3.05, 3.63) is 89.1 Å². The minimum atomic E-state index is -1.01. The molecule has 0 amide bonds. The topological polar surface area (TPSA) is 79.8 Å². The van der Waals surface area contributed by atoms with Crippen molar-refractivity contribution in [2.75, 3.05) is 7.11 Å². The zero-order valence-electron chi connectivity index (χ0n) is 17.8. The Bertz CT molecular complexity index is 1270. The number of hydrogen-bond donors (Lipinski definition) is 0. The van der Waals surface area contributed by atoms with Crippen molar-refractivity contribution in [1.82, 2.24) is 29.1 Å². The van der Waals surface area contributed by atoms with E-state index in [1.807, 2.05) is 0 Å². The van der Waals surface area contributed by atoms with Gasteiger partial charge in [0, 0.05) is 11.5 Å². The zero-order chi connectivity index (χ0) is 22.9. The molecule has 2 heterocycles. The van der Waals surface area contributed by atoms with Gasteiger partial charge in [-0.1, -0.05) is 13.0 Å². The predicted octanol–water partition coefficient (Wildman–Crippen LogP) is 3.13. The molecule has 10 heteroatoms. The fraction of sp³-hybridized carbons (Fsp3) is 0.273. The van der Waals surface area contributed by atoms with Crippen molar-refractivity contribution in [3.63, 3.8) is 0 Å². The third-order valence-corrected chi connectivity index (χ3v) is 5.84. The van der Waals surface area contributed by atoms with Crippen LogP contribution in [0.4, 0.5) is 8.78 Å². The van der Waals surface area contributed by atoms with Crippen LogP contribution in [0.25, 0.3) is 5.69 Å². The molecule has 2 aromatic heterocycles. The minimum absolute atomic E-state index is 0.193. The van der Waals surface area contributed by atoms with Crippen LogP contribution in [-0.2, 0) is 12.0 Å². The molecular formula is C22H22F2N6O2. The second kappa shape index (κ2) is 8.37. The van der Waals surface area contributed by atoms with E-state index in [1.165, 1.54) is 40.4 Å². The van der Waals surface area contributed by atoms with Gasteiger partial charge in [-0.2, -0.15) is 10.2 Å². The lowest BCUT2D eigenvalue weighted by Crippen LogP contribution is -2.42. The fourth-order valence-corrected chi connectivity index (χ4v) is 3.82. The average molecular weight is 440 g/mol. The quantitative estimate of drug-likeness (QED) is 0.441. The van der Waals surface area contributed by atoms with E-state index in [1.54, 1.807) is 49.9 Å². The number of ether oxygens (including phenoxy) is 1. The molecule has 0 spiro atoms. The normalized spacial score (nSPS) is 14.2. The molecule has 0 fully saturated rings. The first kappa shape index (κ1) is 21.4. The molecular weight excluding hydrogens is 418 g/mol. The summed E-state index contributed by atoms with van der Waals surface area (Å²) in [4.78, 5) is 17.2. The lowest BCUT2D eigenvalue weighted by Gasteiger charge is -2.35. The van der Waals surface area contributed by atoms with Gasteiger partial charge in [-0.25, -0.2) is 27.8 Å². The van der Waals surface area contributed by atoms with Gasteiger partial charge >= 0.3 is 5.69 Å². The molecule has 2 unspecified atom stereocenters. The van der Waals surface area contributed by atoms with E-state index < -0.39 is 28.8 Å². The summed E-state index contributed by atoms with van der Waals surface area (Å²) in [7, 11) is 1.56. The van der Waals surface area contributed by atoms with Gasteiger partial charge in [0.05, 0.1) is 25.4 Å². The highest BCUT2D eigenvalue weighted by atomic mass is 19.1. The second-order valence-electron chi connectivity index (χ2n) is 7.74. The monoisotopic (exact) mass is 440 g/mol. The first-order chi connectivity index (χ1) is 15.3. The molecule has 4 aromatic rings. The van der Waals surface area contributed by atoms with Crippen LogP contribution in [0, 0.1) is 11.6 Å². The third-order valence-electron chi connectivity index (χ3n) is 5.84. The van der Waals surface area contributed by atoms with E-state index >= 15 is 0 Å². The lowest BCUT2D eigenvalue weighted by molar-refractivity contribution is 0.234. The van der Waals surface area contributed by atoms with Gasteiger partial charge in [0.2, 0.25) is 0 Å². The standard InChI is InChI=1S/C22H22F2N6O2/c1-15(30-21(31)29(14-27-30)17-5-7-18(32-3)8-6-17)22(2,11-28-13-25-12-26-28)19-9-4-16(23)10-20(19)24/h4-10,12-15H,11H2,1-3H3. The highest BCUT2D eigenvalue weighted by Gasteiger charge is 2.39. The minimum Gasteiger partial charge on any atom is -0.497 e. The Labute approximate surface area is 182 Å². The number of rotatable bonds is 7. The van der Waals surface area contributed by atoms with Crippen LogP contribution in [0.15, 0.2) is 66.2 Å². The van der Waals surface area contributed by atoms with Crippen molar-refractivity contribution < 1.29 is 13.5 Å². The van der Waals surface area contributed by atoms with Crippen molar-refractivity contribution in [3.8, 4) is 11.4 Å². The summed E-state index contributed by atoms with van der Waals surface area (Å²) in [5.74, 6) is -0.722. The van der Waals surface area contributed by atoms with Gasteiger partial charge in [0.1, 0.15) is 36.4 Å². The smallest absolute Gasteiger partial charge is 0.350 e. The highest BCUT2D eigenvalue weighted by Crippen LogP contribution is 2.37. The number of nitrogens with zero attached hydrogens (tertiary/aromatic N) is 6. The number of aromatic nitrogens is 6. The first-order valence-corrected chi connectivity index (χ1v) is 9.92. The molecule has 32 heavy (non-hydrogen) atoms.